The molecule has 35 heavy (non-hydrogen) atoms. The summed E-state index contributed by atoms with van der Waals surface area (Å²) < 4.78 is 0. The molecule has 1 saturated heterocycles. The van der Waals surface area contributed by atoms with Gasteiger partial charge in [0.2, 0.25) is 0 Å². The van der Waals surface area contributed by atoms with Crippen molar-refractivity contribution in [1.82, 2.24) is 20.8 Å². The molecule has 3 heterocycles. The van der Waals surface area contributed by atoms with Crippen LogP contribution in [0.4, 0.5) is 5.69 Å². The summed E-state index contributed by atoms with van der Waals surface area (Å²) in [7, 11) is 0. The molecule has 0 atom stereocenters. The number of aryl methyl sites for hydroxylation is 1. The van der Waals surface area contributed by atoms with E-state index in [1.54, 1.807) is 12.1 Å². The van der Waals surface area contributed by atoms with Crippen molar-refractivity contribution < 1.29 is 9.59 Å². The first-order valence-corrected chi connectivity index (χ1v) is 12.6. The van der Waals surface area contributed by atoms with Gasteiger partial charge in [-0.15, -0.1) is 11.3 Å². The molecule has 4 N–H and O–H groups in total. The smallest absolute Gasteiger partial charge is 0.266 e. The summed E-state index contributed by atoms with van der Waals surface area (Å²) >= 11 is 1.40. The van der Waals surface area contributed by atoms with Gasteiger partial charge in [0.1, 0.15) is 0 Å². The SMILES string of the molecule is Cc1ccsc1C(=O)Nc1cc(C(=O)NC2CCNCC2)ccc1C=Cc1n[nH]c2ccccc12. The van der Waals surface area contributed by atoms with E-state index >= 15 is 0 Å². The van der Waals surface area contributed by atoms with Crippen molar-refractivity contribution in [2.24, 2.45) is 0 Å². The fourth-order valence-corrected chi connectivity index (χ4v) is 5.07. The number of para-hydroxylation sites is 1. The minimum atomic E-state index is -0.187. The molecule has 2 aromatic heterocycles. The highest BCUT2D eigenvalue weighted by molar-refractivity contribution is 7.12. The van der Waals surface area contributed by atoms with Crippen LogP contribution in [0.25, 0.3) is 23.1 Å². The predicted molar refractivity (Wildman–Crippen MR) is 142 cm³/mol. The van der Waals surface area contributed by atoms with Crippen LogP contribution in [-0.4, -0.2) is 41.1 Å². The molecule has 8 heteroatoms. The van der Waals surface area contributed by atoms with Gasteiger partial charge < -0.3 is 16.0 Å². The lowest BCUT2D eigenvalue weighted by Crippen LogP contribution is -2.42. The third-order valence-electron chi connectivity index (χ3n) is 6.23. The molecular formula is C27H27N5O2S. The number of H-pyrrole nitrogens is 1. The fraction of sp³-hybridized carbons (Fsp3) is 0.222. The molecule has 1 fully saturated rings. The van der Waals surface area contributed by atoms with Crippen LogP contribution in [0.2, 0.25) is 0 Å². The van der Waals surface area contributed by atoms with Gasteiger partial charge in [-0.2, -0.15) is 5.10 Å². The largest absolute Gasteiger partial charge is 0.349 e. The second-order valence-corrected chi connectivity index (χ2v) is 9.59. The van der Waals surface area contributed by atoms with Gasteiger partial charge in [0, 0.05) is 22.7 Å². The van der Waals surface area contributed by atoms with Crippen molar-refractivity contribution in [1.29, 1.82) is 0 Å². The summed E-state index contributed by atoms with van der Waals surface area (Å²) in [4.78, 5) is 26.6. The Morgan fingerprint density at radius 2 is 1.89 bits per heavy atom. The first kappa shape index (κ1) is 23.0. The third-order valence-corrected chi connectivity index (χ3v) is 7.24. The Bertz CT molecular complexity index is 1400. The normalized spacial score (nSPS) is 14.4. The highest BCUT2D eigenvalue weighted by Gasteiger charge is 2.18. The molecule has 1 aliphatic heterocycles. The first-order valence-electron chi connectivity index (χ1n) is 11.7. The lowest BCUT2D eigenvalue weighted by Gasteiger charge is -2.23. The van der Waals surface area contributed by atoms with Crippen molar-refractivity contribution in [2.45, 2.75) is 25.8 Å². The molecule has 0 spiro atoms. The van der Waals surface area contributed by atoms with Gasteiger partial charge in [-0.05, 0) is 79.7 Å². The van der Waals surface area contributed by atoms with Crippen LogP contribution >= 0.6 is 11.3 Å². The Labute approximate surface area is 207 Å². The Kier molecular flexibility index (Phi) is 6.74. The number of anilines is 1. The summed E-state index contributed by atoms with van der Waals surface area (Å²) in [5, 5.41) is 19.8. The molecule has 4 aromatic rings. The third kappa shape index (κ3) is 5.18. The Balaban J connectivity index is 1.44. The highest BCUT2D eigenvalue weighted by atomic mass is 32.1. The lowest BCUT2D eigenvalue weighted by atomic mass is 10.0. The summed E-state index contributed by atoms with van der Waals surface area (Å²) in [6, 6.07) is 15.4. The number of nitrogens with one attached hydrogen (secondary N) is 4. The molecule has 0 aliphatic carbocycles. The average molecular weight is 486 g/mol. The monoisotopic (exact) mass is 485 g/mol. The number of aromatic nitrogens is 2. The van der Waals surface area contributed by atoms with E-state index in [0.717, 1.165) is 53.7 Å². The van der Waals surface area contributed by atoms with Gasteiger partial charge >= 0.3 is 0 Å². The number of carbonyl (C=O) groups excluding carboxylic acids is 2. The minimum Gasteiger partial charge on any atom is -0.349 e. The van der Waals surface area contributed by atoms with E-state index in [1.807, 2.05) is 60.9 Å². The molecule has 0 saturated carbocycles. The zero-order chi connectivity index (χ0) is 24.2. The molecule has 2 amide bonds. The van der Waals surface area contributed by atoms with Crippen molar-refractivity contribution in [3.63, 3.8) is 0 Å². The molecule has 2 aromatic carbocycles. The van der Waals surface area contributed by atoms with E-state index in [0.29, 0.717) is 16.1 Å². The van der Waals surface area contributed by atoms with Crippen LogP contribution in [0.3, 0.4) is 0 Å². The highest BCUT2D eigenvalue weighted by Crippen LogP contribution is 2.25. The number of hydrogen-bond donors (Lipinski definition) is 4. The summed E-state index contributed by atoms with van der Waals surface area (Å²) in [6.45, 7) is 3.72. The lowest BCUT2D eigenvalue weighted by molar-refractivity contribution is 0.0928. The number of aromatic amines is 1. The van der Waals surface area contributed by atoms with Gasteiger partial charge in [0.05, 0.1) is 16.1 Å². The zero-order valence-corrected chi connectivity index (χ0v) is 20.2. The molecular weight excluding hydrogens is 458 g/mol. The van der Waals surface area contributed by atoms with Crippen LogP contribution in [0, 0.1) is 6.92 Å². The number of amides is 2. The van der Waals surface area contributed by atoms with Gasteiger partial charge in [-0.3, -0.25) is 14.7 Å². The number of benzene rings is 2. The minimum absolute atomic E-state index is 0.131. The van der Waals surface area contributed by atoms with E-state index in [-0.39, 0.29) is 17.9 Å². The van der Waals surface area contributed by atoms with Crippen LogP contribution in [0.1, 0.15) is 49.7 Å². The quantitative estimate of drug-likeness (QED) is 0.314. The molecule has 0 unspecified atom stereocenters. The zero-order valence-electron chi connectivity index (χ0n) is 19.4. The van der Waals surface area contributed by atoms with Crippen molar-refractivity contribution in [3.8, 4) is 0 Å². The maximum atomic E-state index is 13.0. The van der Waals surface area contributed by atoms with E-state index in [4.69, 9.17) is 0 Å². The van der Waals surface area contributed by atoms with Crippen LogP contribution in [0.15, 0.2) is 53.9 Å². The number of nitrogens with zero attached hydrogens (tertiary/aromatic N) is 1. The second-order valence-electron chi connectivity index (χ2n) is 8.67. The van der Waals surface area contributed by atoms with Crippen LogP contribution < -0.4 is 16.0 Å². The second kappa shape index (κ2) is 10.2. The van der Waals surface area contributed by atoms with Gasteiger partial charge in [0.25, 0.3) is 11.8 Å². The fourth-order valence-electron chi connectivity index (χ4n) is 4.25. The topological polar surface area (TPSA) is 98.9 Å². The molecule has 0 radical (unpaired) electrons. The number of piperidine rings is 1. The maximum Gasteiger partial charge on any atom is 0.266 e. The van der Waals surface area contributed by atoms with Crippen molar-refractivity contribution >= 4 is 51.9 Å². The summed E-state index contributed by atoms with van der Waals surface area (Å²) in [5.41, 5.74) is 4.57. The van der Waals surface area contributed by atoms with E-state index in [2.05, 4.69) is 26.1 Å². The molecule has 5 rings (SSSR count). The number of rotatable bonds is 6. The summed E-state index contributed by atoms with van der Waals surface area (Å²) in [5.74, 6) is -0.318. The number of fused-ring (bicyclic) bond motifs is 1. The van der Waals surface area contributed by atoms with Crippen LogP contribution in [0.5, 0.6) is 0 Å². The molecule has 0 bridgehead atoms. The number of carbonyl (C=O) groups is 2. The standard InChI is InChI=1S/C27H27N5O2S/c1-17-12-15-35-25(17)27(34)30-24-16-19(26(33)29-20-10-13-28-14-11-20)7-6-18(24)8-9-23-21-4-2-3-5-22(21)31-32-23/h2-9,12,15-16,20,28H,10-11,13-14H2,1H3,(H,29,33)(H,30,34)(H,31,32). The molecule has 178 valence electrons. The maximum absolute atomic E-state index is 13.0. The summed E-state index contributed by atoms with van der Waals surface area (Å²) in [6.07, 6.45) is 5.64. The first-order chi connectivity index (χ1) is 17.1. The Morgan fingerprint density at radius 3 is 2.69 bits per heavy atom. The average Bonchev–Trinajstić information content (AvgIpc) is 3.50. The van der Waals surface area contributed by atoms with Crippen molar-refractivity contribution in [3.05, 3.63) is 81.2 Å². The van der Waals surface area contributed by atoms with Crippen LogP contribution in [-0.2, 0) is 0 Å². The van der Waals surface area contributed by atoms with Gasteiger partial charge in [-0.25, -0.2) is 0 Å². The molecule has 7 nitrogen and oxygen atoms in total. The van der Waals surface area contributed by atoms with E-state index < -0.39 is 0 Å². The Morgan fingerprint density at radius 1 is 1.06 bits per heavy atom. The predicted octanol–water partition coefficient (Wildman–Crippen LogP) is 4.84. The number of hydrogen-bond acceptors (Lipinski definition) is 5. The van der Waals surface area contributed by atoms with E-state index in [1.165, 1.54) is 11.3 Å². The van der Waals surface area contributed by atoms with Gasteiger partial charge in [-0.1, -0.05) is 30.3 Å². The Hall–Kier alpha value is -3.75. The number of thiophene rings is 1. The van der Waals surface area contributed by atoms with Crippen molar-refractivity contribution in [2.75, 3.05) is 18.4 Å². The van der Waals surface area contributed by atoms with E-state index in [9.17, 15) is 9.59 Å². The van der Waals surface area contributed by atoms with Gasteiger partial charge in [0.15, 0.2) is 0 Å². The molecule has 1 aliphatic rings.